The zero-order valence-electron chi connectivity index (χ0n) is 15.5. The van der Waals surface area contributed by atoms with Crippen molar-refractivity contribution in [2.75, 3.05) is 0 Å². The standard InChI is InChI=1S/C19H25N5O2S/c1-2-12-24-18(26)15-11-7-6-10-14(15)16(23-24)17(25)21-22-19(27)20-13-8-4-3-5-9-13/h6-7,10-11,13H,2-5,8-9,12H2,1H3,(H,21,25)(H2,20,22,27). The Morgan fingerprint density at radius 3 is 2.59 bits per heavy atom. The van der Waals surface area contributed by atoms with Crippen LogP contribution in [0.15, 0.2) is 29.1 Å². The van der Waals surface area contributed by atoms with Gasteiger partial charge in [-0.3, -0.25) is 20.4 Å². The zero-order valence-corrected chi connectivity index (χ0v) is 16.3. The Bertz CT molecular complexity index is 889. The molecule has 1 aromatic carbocycles. The Hall–Kier alpha value is -2.48. The van der Waals surface area contributed by atoms with Crippen molar-refractivity contribution >= 4 is 34.0 Å². The molecule has 7 nitrogen and oxygen atoms in total. The number of benzene rings is 1. The van der Waals surface area contributed by atoms with Crippen molar-refractivity contribution in [1.29, 1.82) is 0 Å². The Morgan fingerprint density at radius 1 is 1.19 bits per heavy atom. The molecule has 0 bridgehead atoms. The van der Waals surface area contributed by atoms with Crippen LogP contribution in [0.1, 0.15) is 55.9 Å². The molecule has 0 aliphatic heterocycles. The zero-order chi connectivity index (χ0) is 19.2. The van der Waals surface area contributed by atoms with Crippen LogP contribution in [0.3, 0.4) is 0 Å². The molecule has 1 saturated carbocycles. The average Bonchev–Trinajstić information content (AvgIpc) is 2.69. The fourth-order valence-corrected chi connectivity index (χ4v) is 3.63. The van der Waals surface area contributed by atoms with Crippen LogP contribution in [0.2, 0.25) is 0 Å². The van der Waals surface area contributed by atoms with Gasteiger partial charge in [-0.15, -0.1) is 0 Å². The minimum atomic E-state index is -0.427. The second-order valence-electron chi connectivity index (χ2n) is 6.81. The fraction of sp³-hybridized carbons (Fsp3) is 0.474. The quantitative estimate of drug-likeness (QED) is 0.551. The lowest BCUT2D eigenvalue weighted by Crippen LogP contribution is -2.50. The SMILES string of the molecule is CCCn1nc(C(=O)NNC(=S)NC2CCCCC2)c2ccccc2c1=O. The summed E-state index contributed by atoms with van der Waals surface area (Å²) in [4.78, 5) is 25.2. The topological polar surface area (TPSA) is 88.1 Å². The maximum absolute atomic E-state index is 12.7. The monoisotopic (exact) mass is 387 g/mol. The molecule has 1 aliphatic rings. The van der Waals surface area contributed by atoms with E-state index in [1.807, 2.05) is 6.92 Å². The van der Waals surface area contributed by atoms with Gasteiger partial charge in [-0.05, 0) is 37.5 Å². The van der Waals surface area contributed by atoms with Crippen molar-refractivity contribution in [3.05, 3.63) is 40.3 Å². The number of thiocarbonyl (C=S) groups is 1. The molecule has 8 heteroatoms. The van der Waals surface area contributed by atoms with Crippen LogP contribution in [0.5, 0.6) is 0 Å². The van der Waals surface area contributed by atoms with Crippen molar-refractivity contribution in [3.8, 4) is 0 Å². The van der Waals surface area contributed by atoms with Crippen molar-refractivity contribution in [2.24, 2.45) is 0 Å². The average molecular weight is 388 g/mol. The summed E-state index contributed by atoms with van der Waals surface area (Å²) in [5.74, 6) is -0.427. The third kappa shape index (κ3) is 4.63. The van der Waals surface area contributed by atoms with Gasteiger partial charge in [0.1, 0.15) is 0 Å². The number of hydrogen-bond acceptors (Lipinski definition) is 4. The first kappa shape index (κ1) is 19.3. The molecule has 0 spiro atoms. The van der Waals surface area contributed by atoms with E-state index in [4.69, 9.17) is 12.2 Å². The molecule has 144 valence electrons. The number of amides is 1. The number of aromatic nitrogens is 2. The number of fused-ring (bicyclic) bond motifs is 1. The van der Waals surface area contributed by atoms with Crippen molar-refractivity contribution in [2.45, 2.75) is 58.0 Å². The second-order valence-corrected chi connectivity index (χ2v) is 7.22. The second kappa shape index (κ2) is 8.94. The number of carbonyl (C=O) groups excluding carboxylic acids is 1. The third-order valence-electron chi connectivity index (χ3n) is 4.75. The van der Waals surface area contributed by atoms with E-state index in [0.717, 1.165) is 19.3 Å². The number of nitrogens with one attached hydrogen (secondary N) is 3. The van der Waals surface area contributed by atoms with Gasteiger partial charge < -0.3 is 5.32 Å². The fourth-order valence-electron chi connectivity index (χ4n) is 3.41. The van der Waals surface area contributed by atoms with Crippen LogP contribution >= 0.6 is 12.2 Å². The van der Waals surface area contributed by atoms with Gasteiger partial charge in [-0.1, -0.05) is 44.4 Å². The highest BCUT2D eigenvalue weighted by atomic mass is 32.1. The molecule has 3 rings (SSSR count). The third-order valence-corrected chi connectivity index (χ3v) is 4.97. The van der Waals surface area contributed by atoms with Gasteiger partial charge in [0.2, 0.25) is 0 Å². The maximum Gasteiger partial charge on any atom is 0.290 e. The van der Waals surface area contributed by atoms with Gasteiger partial charge in [0, 0.05) is 18.0 Å². The molecule has 0 unspecified atom stereocenters. The highest BCUT2D eigenvalue weighted by molar-refractivity contribution is 7.80. The minimum Gasteiger partial charge on any atom is -0.359 e. The number of carbonyl (C=O) groups is 1. The summed E-state index contributed by atoms with van der Waals surface area (Å²) in [6.45, 7) is 2.42. The summed E-state index contributed by atoms with van der Waals surface area (Å²) < 4.78 is 1.34. The van der Waals surface area contributed by atoms with E-state index < -0.39 is 5.91 Å². The van der Waals surface area contributed by atoms with Gasteiger partial charge in [0.15, 0.2) is 10.8 Å². The van der Waals surface area contributed by atoms with Gasteiger partial charge in [-0.2, -0.15) is 5.10 Å². The molecule has 3 N–H and O–H groups in total. The summed E-state index contributed by atoms with van der Waals surface area (Å²) in [6, 6.07) is 7.36. The highest BCUT2D eigenvalue weighted by Crippen LogP contribution is 2.17. The van der Waals surface area contributed by atoms with Crippen molar-refractivity contribution in [3.63, 3.8) is 0 Å². The molecular formula is C19H25N5O2S. The Kier molecular flexibility index (Phi) is 6.39. The van der Waals surface area contributed by atoms with Crippen LogP contribution in [-0.2, 0) is 6.54 Å². The summed E-state index contributed by atoms with van der Waals surface area (Å²) in [7, 11) is 0. The van der Waals surface area contributed by atoms with Crippen LogP contribution in [0.4, 0.5) is 0 Å². The largest absolute Gasteiger partial charge is 0.359 e. The molecule has 0 saturated heterocycles. The predicted octanol–water partition coefficient (Wildman–Crippen LogP) is 2.25. The van der Waals surface area contributed by atoms with E-state index in [1.54, 1.807) is 24.3 Å². The van der Waals surface area contributed by atoms with Crippen LogP contribution in [0.25, 0.3) is 10.8 Å². The lowest BCUT2D eigenvalue weighted by molar-refractivity contribution is 0.0938. The number of aryl methyl sites for hydroxylation is 1. The molecule has 2 aromatic rings. The Labute approximate surface area is 163 Å². The predicted molar refractivity (Wildman–Crippen MR) is 110 cm³/mol. The van der Waals surface area contributed by atoms with E-state index >= 15 is 0 Å². The first-order valence-electron chi connectivity index (χ1n) is 9.47. The van der Waals surface area contributed by atoms with Crippen molar-refractivity contribution in [1.82, 2.24) is 25.9 Å². The summed E-state index contributed by atoms with van der Waals surface area (Å²) in [5, 5.41) is 8.90. The molecule has 0 atom stereocenters. The molecule has 0 radical (unpaired) electrons. The number of hydrogen-bond donors (Lipinski definition) is 3. The van der Waals surface area contributed by atoms with Crippen LogP contribution in [0, 0.1) is 0 Å². The summed E-state index contributed by atoms with van der Waals surface area (Å²) >= 11 is 5.27. The molecule has 1 aliphatic carbocycles. The van der Waals surface area contributed by atoms with Crippen LogP contribution < -0.4 is 21.7 Å². The Balaban J connectivity index is 1.74. The molecule has 1 amide bonds. The maximum atomic E-state index is 12.7. The summed E-state index contributed by atoms with van der Waals surface area (Å²) in [6.07, 6.45) is 6.58. The van der Waals surface area contributed by atoms with Gasteiger partial charge in [-0.25, -0.2) is 4.68 Å². The first-order chi connectivity index (χ1) is 13.1. The summed E-state index contributed by atoms with van der Waals surface area (Å²) in [5.41, 5.74) is 5.36. The highest BCUT2D eigenvalue weighted by Gasteiger charge is 2.18. The molecular weight excluding hydrogens is 362 g/mol. The van der Waals surface area contributed by atoms with Crippen LogP contribution in [-0.4, -0.2) is 26.8 Å². The molecule has 1 fully saturated rings. The normalized spacial score (nSPS) is 14.7. The molecule has 27 heavy (non-hydrogen) atoms. The molecule has 1 aromatic heterocycles. The minimum absolute atomic E-state index is 0.188. The number of rotatable bonds is 4. The Morgan fingerprint density at radius 2 is 1.89 bits per heavy atom. The van der Waals surface area contributed by atoms with E-state index in [0.29, 0.717) is 28.5 Å². The van der Waals surface area contributed by atoms with E-state index in [1.165, 1.54) is 23.9 Å². The smallest absolute Gasteiger partial charge is 0.290 e. The lowest BCUT2D eigenvalue weighted by atomic mass is 9.96. The number of hydrazine groups is 1. The van der Waals surface area contributed by atoms with Gasteiger partial charge in [0.25, 0.3) is 11.5 Å². The van der Waals surface area contributed by atoms with Crippen molar-refractivity contribution < 1.29 is 4.79 Å². The first-order valence-corrected chi connectivity index (χ1v) is 9.87. The van der Waals surface area contributed by atoms with E-state index in [2.05, 4.69) is 21.3 Å². The lowest BCUT2D eigenvalue weighted by Gasteiger charge is -2.24. The van der Waals surface area contributed by atoms with E-state index in [-0.39, 0.29) is 11.3 Å². The molecule has 1 heterocycles. The van der Waals surface area contributed by atoms with Gasteiger partial charge >= 0.3 is 0 Å². The number of nitrogens with zero attached hydrogens (tertiary/aromatic N) is 2. The van der Waals surface area contributed by atoms with E-state index in [9.17, 15) is 9.59 Å². The van der Waals surface area contributed by atoms with Gasteiger partial charge in [0.05, 0.1) is 5.39 Å².